The van der Waals surface area contributed by atoms with E-state index in [1.807, 2.05) is 30.3 Å². The number of ketones is 1. The molecule has 0 saturated heterocycles. The van der Waals surface area contributed by atoms with Gasteiger partial charge in [0, 0.05) is 5.56 Å². The Morgan fingerprint density at radius 3 is 2.41 bits per heavy atom. The summed E-state index contributed by atoms with van der Waals surface area (Å²) in [7, 11) is 1.69. The smallest absolute Gasteiger partial charge is 0.323 e. The minimum Gasteiger partial charge on any atom is -0.481 e. The maximum absolute atomic E-state index is 12.3. The number of ether oxygens (including phenoxy) is 2. The lowest BCUT2D eigenvalue weighted by Crippen LogP contribution is -2.38. The van der Waals surface area contributed by atoms with E-state index in [2.05, 4.69) is 17.2 Å². The van der Waals surface area contributed by atoms with E-state index in [9.17, 15) is 9.59 Å². The fourth-order valence-corrected chi connectivity index (χ4v) is 2.40. The summed E-state index contributed by atoms with van der Waals surface area (Å²) in [5.41, 5.74) is 1.48. The molecule has 0 unspecified atom stereocenters. The second kappa shape index (κ2) is 10.8. The average Bonchev–Trinajstić information content (AvgIpc) is 2.72. The van der Waals surface area contributed by atoms with Crippen molar-refractivity contribution >= 4 is 11.8 Å². The van der Waals surface area contributed by atoms with Gasteiger partial charge in [-0.15, -0.1) is 5.92 Å². The highest BCUT2D eigenvalue weighted by Crippen LogP contribution is 2.14. The Morgan fingerprint density at radius 1 is 1.07 bits per heavy atom. The lowest BCUT2D eigenvalue weighted by atomic mass is 10.1. The van der Waals surface area contributed by atoms with Gasteiger partial charge in [-0.1, -0.05) is 48.4 Å². The van der Waals surface area contributed by atoms with Crippen molar-refractivity contribution in [2.75, 3.05) is 20.3 Å². The predicted molar refractivity (Wildman–Crippen MR) is 104 cm³/mol. The largest absolute Gasteiger partial charge is 0.481 e. The van der Waals surface area contributed by atoms with Crippen LogP contribution in [0.3, 0.4) is 0 Å². The van der Waals surface area contributed by atoms with Crippen LogP contribution in [0.5, 0.6) is 5.75 Å². The third-order valence-corrected chi connectivity index (χ3v) is 3.93. The van der Waals surface area contributed by atoms with E-state index < -0.39 is 12.0 Å². The van der Waals surface area contributed by atoms with Crippen LogP contribution in [0.1, 0.15) is 22.8 Å². The lowest BCUT2D eigenvalue weighted by Gasteiger charge is -2.15. The Hall–Kier alpha value is -3.10. The van der Waals surface area contributed by atoms with Gasteiger partial charge >= 0.3 is 5.97 Å². The number of rotatable bonds is 9. The number of carbonyl (C=O) groups excluding carboxylic acids is 2. The van der Waals surface area contributed by atoms with E-state index in [-0.39, 0.29) is 12.4 Å². The molecule has 2 aromatic carbocycles. The number of hydrogen-bond acceptors (Lipinski definition) is 5. The molecule has 2 rings (SSSR count). The molecule has 0 radical (unpaired) electrons. The van der Waals surface area contributed by atoms with E-state index in [1.54, 1.807) is 38.2 Å². The number of hydrogen-bond donors (Lipinski definition) is 1. The van der Waals surface area contributed by atoms with Crippen molar-refractivity contribution in [2.45, 2.75) is 19.4 Å². The van der Waals surface area contributed by atoms with Crippen LogP contribution in [0.15, 0.2) is 54.6 Å². The zero-order valence-electron chi connectivity index (χ0n) is 15.5. The number of likely N-dealkylation sites (N-methyl/N-ethyl adjacent to an activating group) is 1. The van der Waals surface area contributed by atoms with Gasteiger partial charge in [-0.3, -0.25) is 9.59 Å². The van der Waals surface area contributed by atoms with Crippen molar-refractivity contribution < 1.29 is 19.1 Å². The van der Waals surface area contributed by atoms with Crippen molar-refractivity contribution in [3.63, 3.8) is 0 Å². The molecule has 0 heterocycles. The summed E-state index contributed by atoms with van der Waals surface area (Å²) in [5, 5.41) is 2.93. The highest BCUT2D eigenvalue weighted by atomic mass is 16.5. The Morgan fingerprint density at radius 2 is 1.78 bits per heavy atom. The number of esters is 1. The SMILES string of the molecule is CC#CCOc1ccc(C[C@H](NC)C(=O)OCC(=O)c2ccccc2)cc1. The topological polar surface area (TPSA) is 64.6 Å². The summed E-state index contributed by atoms with van der Waals surface area (Å²) in [6.07, 6.45) is 0.448. The van der Waals surface area contributed by atoms with Gasteiger partial charge in [-0.05, 0) is 38.1 Å². The van der Waals surface area contributed by atoms with Gasteiger partial charge in [0.25, 0.3) is 0 Å². The number of carbonyl (C=O) groups is 2. The minimum absolute atomic E-state index is 0.226. The molecule has 27 heavy (non-hydrogen) atoms. The van der Waals surface area contributed by atoms with Crippen LogP contribution in [0.25, 0.3) is 0 Å². The highest BCUT2D eigenvalue weighted by molar-refractivity contribution is 5.98. The van der Waals surface area contributed by atoms with Gasteiger partial charge < -0.3 is 14.8 Å². The standard InChI is InChI=1S/C22H23NO4/c1-3-4-14-26-19-12-10-17(11-13-19)15-20(23-2)22(25)27-16-21(24)18-8-6-5-7-9-18/h5-13,20,23H,14-16H2,1-2H3/t20-/m0/s1. The first-order valence-corrected chi connectivity index (χ1v) is 8.67. The zero-order valence-corrected chi connectivity index (χ0v) is 15.5. The van der Waals surface area contributed by atoms with Crippen LogP contribution < -0.4 is 10.1 Å². The molecule has 1 atom stereocenters. The van der Waals surface area contributed by atoms with Crippen molar-refractivity contribution in [3.8, 4) is 17.6 Å². The molecule has 0 saturated carbocycles. The Kier molecular flexibility index (Phi) is 8.08. The van der Waals surface area contributed by atoms with Crippen LogP contribution in [0.2, 0.25) is 0 Å². The maximum atomic E-state index is 12.3. The van der Waals surface area contributed by atoms with E-state index in [4.69, 9.17) is 9.47 Å². The van der Waals surface area contributed by atoms with Crippen LogP contribution >= 0.6 is 0 Å². The molecule has 140 valence electrons. The maximum Gasteiger partial charge on any atom is 0.323 e. The van der Waals surface area contributed by atoms with Crippen LogP contribution in [-0.4, -0.2) is 38.1 Å². The molecule has 0 bridgehead atoms. The molecule has 0 aliphatic rings. The molecular weight excluding hydrogens is 342 g/mol. The van der Waals surface area contributed by atoms with Crippen molar-refractivity contribution in [2.24, 2.45) is 0 Å². The first kappa shape index (κ1) is 20.2. The molecule has 0 aromatic heterocycles. The first-order chi connectivity index (χ1) is 13.1. The molecular formula is C22H23NO4. The summed E-state index contributed by atoms with van der Waals surface area (Å²) in [4.78, 5) is 24.3. The molecule has 5 heteroatoms. The Balaban J connectivity index is 1.87. The first-order valence-electron chi connectivity index (χ1n) is 8.67. The van der Waals surface area contributed by atoms with Gasteiger partial charge in [0.2, 0.25) is 0 Å². The van der Waals surface area contributed by atoms with Crippen LogP contribution in [-0.2, 0) is 16.0 Å². The highest BCUT2D eigenvalue weighted by Gasteiger charge is 2.20. The number of Topliss-reactive ketones (excluding diaryl/α,β-unsaturated/α-hetero) is 1. The quantitative estimate of drug-likeness (QED) is 0.420. The molecule has 0 fully saturated rings. The number of benzene rings is 2. The van der Waals surface area contributed by atoms with Crippen LogP contribution in [0, 0.1) is 11.8 Å². The summed E-state index contributed by atoms with van der Waals surface area (Å²) < 4.78 is 10.7. The summed E-state index contributed by atoms with van der Waals surface area (Å²) in [6, 6.07) is 15.7. The monoisotopic (exact) mass is 365 g/mol. The fourth-order valence-electron chi connectivity index (χ4n) is 2.40. The summed E-state index contributed by atoms with van der Waals surface area (Å²) in [5.74, 6) is 5.64. The normalized spacial score (nSPS) is 11.0. The Bertz CT molecular complexity index is 804. The van der Waals surface area contributed by atoms with Gasteiger partial charge in [0.15, 0.2) is 12.4 Å². The van der Waals surface area contributed by atoms with Gasteiger partial charge in [-0.2, -0.15) is 0 Å². The van der Waals surface area contributed by atoms with Crippen molar-refractivity contribution in [1.29, 1.82) is 0 Å². The van der Waals surface area contributed by atoms with Crippen LogP contribution in [0.4, 0.5) is 0 Å². The predicted octanol–water partition coefficient (Wildman–Crippen LogP) is 2.65. The summed E-state index contributed by atoms with van der Waals surface area (Å²) >= 11 is 0. The number of nitrogens with one attached hydrogen (secondary N) is 1. The molecule has 0 aliphatic heterocycles. The van der Waals surface area contributed by atoms with E-state index in [0.717, 1.165) is 11.3 Å². The molecule has 0 spiro atoms. The average molecular weight is 365 g/mol. The minimum atomic E-state index is -0.536. The van der Waals surface area contributed by atoms with E-state index in [1.165, 1.54) is 0 Å². The van der Waals surface area contributed by atoms with Gasteiger partial charge in [0.1, 0.15) is 18.4 Å². The second-order valence-electron chi connectivity index (χ2n) is 5.80. The molecule has 1 N–H and O–H groups in total. The molecule has 5 nitrogen and oxygen atoms in total. The molecule has 0 aliphatic carbocycles. The van der Waals surface area contributed by atoms with E-state index >= 15 is 0 Å². The molecule has 2 aromatic rings. The second-order valence-corrected chi connectivity index (χ2v) is 5.80. The van der Waals surface area contributed by atoms with E-state index in [0.29, 0.717) is 18.6 Å². The summed E-state index contributed by atoms with van der Waals surface area (Å²) in [6.45, 7) is 1.83. The third kappa shape index (κ3) is 6.61. The van der Waals surface area contributed by atoms with Gasteiger partial charge in [0.05, 0.1) is 0 Å². The lowest BCUT2D eigenvalue weighted by molar-refractivity contribution is -0.144. The van der Waals surface area contributed by atoms with Gasteiger partial charge in [-0.25, -0.2) is 0 Å². The third-order valence-electron chi connectivity index (χ3n) is 3.93. The zero-order chi connectivity index (χ0) is 19.5. The van der Waals surface area contributed by atoms with Crippen molar-refractivity contribution in [1.82, 2.24) is 5.32 Å². The fraction of sp³-hybridized carbons (Fsp3) is 0.273. The molecule has 0 amide bonds. The Labute approximate surface area is 159 Å². The van der Waals surface area contributed by atoms with Crippen molar-refractivity contribution in [3.05, 3.63) is 65.7 Å².